The summed E-state index contributed by atoms with van der Waals surface area (Å²) >= 11 is 0. The summed E-state index contributed by atoms with van der Waals surface area (Å²) in [5, 5.41) is 13.7. The summed E-state index contributed by atoms with van der Waals surface area (Å²) in [5.74, 6) is -3.28. The summed E-state index contributed by atoms with van der Waals surface area (Å²) in [6.45, 7) is 0.307. The molecule has 0 saturated carbocycles. The molecule has 1 heterocycles. The van der Waals surface area contributed by atoms with Gasteiger partial charge in [-0.3, -0.25) is 9.59 Å². The first kappa shape index (κ1) is 18.3. The Balaban J connectivity index is 0.00000242. The van der Waals surface area contributed by atoms with E-state index in [4.69, 9.17) is 10.2 Å². The Hall–Kier alpha value is -1.71. The summed E-state index contributed by atoms with van der Waals surface area (Å²) < 4.78 is 35.8. The van der Waals surface area contributed by atoms with Gasteiger partial charge in [0.25, 0.3) is 5.91 Å². The van der Waals surface area contributed by atoms with Crippen molar-refractivity contribution < 1.29 is 27.5 Å². The molecule has 1 aromatic carbocycles. The molecule has 1 atom stereocenters. The summed E-state index contributed by atoms with van der Waals surface area (Å²) in [6, 6.07) is 2.86. The van der Waals surface area contributed by atoms with Crippen molar-refractivity contribution in [2.24, 2.45) is 11.1 Å². The highest BCUT2D eigenvalue weighted by Gasteiger charge is 2.31. The molecule has 1 unspecified atom stereocenters. The van der Waals surface area contributed by atoms with Crippen molar-refractivity contribution in [1.29, 1.82) is 0 Å². The Morgan fingerprint density at radius 3 is 2.45 bits per heavy atom. The number of carboxylic acids is 1. The van der Waals surface area contributed by atoms with Gasteiger partial charge in [-0.15, -0.1) is 12.4 Å². The Morgan fingerprint density at radius 2 is 2.00 bits per heavy atom. The van der Waals surface area contributed by atoms with Gasteiger partial charge in [0.05, 0.1) is 5.92 Å². The van der Waals surface area contributed by atoms with Crippen LogP contribution in [-0.2, 0) is 14.8 Å². The van der Waals surface area contributed by atoms with Crippen LogP contribution in [-0.4, -0.2) is 43.4 Å². The maximum absolute atomic E-state index is 13.7. The number of amides is 1. The minimum atomic E-state index is -4.19. The molecule has 1 aliphatic rings. The fourth-order valence-corrected chi connectivity index (χ4v) is 2.78. The molecule has 0 radical (unpaired) electrons. The number of hydrogen-bond acceptors (Lipinski definition) is 4. The number of nitrogens with zero attached hydrogens (tertiary/aromatic N) is 1. The Kier molecular flexibility index (Phi) is 5.49. The first-order chi connectivity index (χ1) is 9.70. The van der Waals surface area contributed by atoms with Gasteiger partial charge < -0.3 is 10.0 Å². The molecular weight excluding hydrogens is 339 g/mol. The molecule has 7 nitrogen and oxygen atoms in total. The van der Waals surface area contributed by atoms with Gasteiger partial charge in [-0.25, -0.2) is 17.9 Å². The summed E-state index contributed by atoms with van der Waals surface area (Å²) in [5.41, 5.74) is -0.0501. The number of carbonyl (C=O) groups is 2. The van der Waals surface area contributed by atoms with E-state index in [1.54, 1.807) is 0 Å². The Labute approximate surface area is 132 Å². The predicted octanol–water partition coefficient (Wildman–Crippen LogP) is 0.442. The van der Waals surface area contributed by atoms with Gasteiger partial charge in [-0.05, 0) is 24.6 Å². The third kappa shape index (κ3) is 3.73. The number of carboxylic acid groups (broad SMARTS) is 1. The maximum atomic E-state index is 13.7. The number of carbonyl (C=O) groups excluding carboxylic acids is 1. The molecular formula is C12H14ClFN2O5S. The molecule has 1 amide bonds. The van der Waals surface area contributed by atoms with Crippen LogP contribution < -0.4 is 5.14 Å². The average molecular weight is 353 g/mol. The molecule has 1 fully saturated rings. The van der Waals surface area contributed by atoms with Gasteiger partial charge in [0.1, 0.15) is 10.7 Å². The molecule has 1 saturated heterocycles. The number of benzene rings is 1. The van der Waals surface area contributed by atoms with Crippen LogP contribution in [0.15, 0.2) is 23.1 Å². The lowest BCUT2D eigenvalue weighted by Gasteiger charge is -2.16. The van der Waals surface area contributed by atoms with Gasteiger partial charge >= 0.3 is 5.97 Å². The molecule has 1 aromatic rings. The lowest BCUT2D eigenvalue weighted by molar-refractivity contribution is -0.141. The molecule has 1 aliphatic heterocycles. The second-order valence-electron chi connectivity index (χ2n) is 4.77. The van der Waals surface area contributed by atoms with E-state index in [0.717, 1.165) is 18.2 Å². The highest BCUT2D eigenvalue weighted by Crippen LogP contribution is 2.21. The number of primary sulfonamides is 1. The fourth-order valence-electron chi connectivity index (χ4n) is 2.19. The molecule has 0 spiro atoms. The predicted molar refractivity (Wildman–Crippen MR) is 76.7 cm³/mol. The van der Waals surface area contributed by atoms with Crippen LogP contribution in [0.1, 0.15) is 16.8 Å². The number of halogens is 2. The minimum absolute atomic E-state index is 0. The smallest absolute Gasteiger partial charge is 0.308 e. The molecule has 10 heteroatoms. The summed E-state index contributed by atoms with van der Waals surface area (Å²) in [7, 11) is -4.19. The van der Waals surface area contributed by atoms with E-state index < -0.39 is 38.5 Å². The minimum Gasteiger partial charge on any atom is -0.481 e. The van der Waals surface area contributed by atoms with Crippen LogP contribution in [0.4, 0.5) is 4.39 Å². The standard InChI is InChI=1S/C12H13FN2O5S.ClH/c13-9-5-7(1-2-10(9)21(14,19)20)11(16)15-4-3-8(6-15)12(17)18;/h1-2,5,8H,3-4,6H2,(H,17,18)(H2,14,19,20);1H. The topological polar surface area (TPSA) is 118 Å². The van der Waals surface area contributed by atoms with E-state index in [9.17, 15) is 22.4 Å². The van der Waals surface area contributed by atoms with Gasteiger partial charge in [-0.1, -0.05) is 0 Å². The van der Waals surface area contributed by atoms with Crippen molar-refractivity contribution in [2.45, 2.75) is 11.3 Å². The highest BCUT2D eigenvalue weighted by molar-refractivity contribution is 7.89. The number of aliphatic carboxylic acids is 1. The van der Waals surface area contributed by atoms with Gasteiger partial charge in [0, 0.05) is 18.7 Å². The molecule has 0 aromatic heterocycles. The monoisotopic (exact) mass is 352 g/mol. The number of likely N-dealkylation sites (tertiary alicyclic amines) is 1. The molecule has 22 heavy (non-hydrogen) atoms. The van der Waals surface area contributed by atoms with E-state index in [1.165, 1.54) is 4.90 Å². The van der Waals surface area contributed by atoms with E-state index in [-0.39, 0.29) is 31.1 Å². The highest BCUT2D eigenvalue weighted by atomic mass is 35.5. The van der Waals surface area contributed by atoms with Gasteiger partial charge in [-0.2, -0.15) is 0 Å². The average Bonchev–Trinajstić information content (AvgIpc) is 2.85. The number of nitrogens with two attached hydrogens (primary N) is 1. The fraction of sp³-hybridized carbons (Fsp3) is 0.333. The van der Waals surface area contributed by atoms with Crippen molar-refractivity contribution in [3.63, 3.8) is 0 Å². The van der Waals surface area contributed by atoms with Crippen molar-refractivity contribution in [2.75, 3.05) is 13.1 Å². The molecule has 2 rings (SSSR count). The van der Waals surface area contributed by atoms with E-state index in [1.807, 2.05) is 0 Å². The van der Waals surface area contributed by atoms with Crippen LogP contribution in [0.3, 0.4) is 0 Å². The quantitative estimate of drug-likeness (QED) is 0.818. The zero-order chi connectivity index (χ0) is 15.8. The van der Waals surface area contributed by atoms with Crippen LogP contribution >= 0.6 is 12.4 Å². The lowest BCUT2D eigenvalue weighted by Crippen LogP contribution is -2.30. The SMILES string of the molecule is Cl.NS(=O)(=O)c1ccc(C(=O)N2CCC(C(=O)O)C2)cc1F. The number of sulfonamides is 1. The zero-order valence-electron chi connectivity index (χ0n) is 11.2. The van der Waals surface area contributed by atoms with E-state index >= 15 is 0 Å². The third-order valence-electron chi connectivity index (χ3n) is 3.31. The maximum Gasteiger partial charge on any atom is 0.308 e. The molecule has 3 N–H and O–H groups in total. The molecule has 122 valence electrons. The summed E-state index contributed by atoms with van der Waals surface area (Å²) in [4.78, 5) is 23.6. The van der Waals surface area contributed by atoms with E-state index in [2.05, 4.69) is 0 Å². The van der Waals surface area contributed by atoms with Crippen molar-refractivity contribution in [1.82, 2.24) is 4.90 Å². The van der Waals surface area contributed by atoms with Gasteiger partial charge in [0.15, 0.2) is 0 Å². The number of rotatable bonds is 3. The van der Waals surface area contributed by atoms with E-state index in [0.29, 0.717) is 6.42 Å². The van der Waals surface area contributed by atoms with Crippen LogP contribution in [0, 0.1) is 11.7 Å². The van der Waals surface area contributed by atoms with Crippen LogP contribution in [0.5, 0.6) is 0 Å². The Morgan fingerprint density at radius 1 is 1.36 bits per heavy atom. The largest absolute Gasteiger partial charge is 0.481 e. The normalized spacial score (nSPS) is 17.9. The Bertz CT molecular complexity index is 709. The second kappa shape index (κ2) is 6.59. The third-order valence-corrected chi connectivity index (χ3v) is 4.25. The van der Waals surface area contributed by atoms with Crippen molar-refractivity contribution in [3.05, 3.63) is 29.6 Å². The van der Waals surface area contributed by atoms with Gasteiger partial charge in [0.2, 0.25) is 10.0 Å². The first-order valence-corrected chi connectivity index (χ1v) is 7.59. The molecule has 0 aliphatic carbocycles. The summed E-state index contributed by atoms with van der Waals surface area (Å²) in [6.07, 6.45) is 0.332. The zero-order valence-corrected chi connectivity index (χ0v) is 12.9. The first-order valence-electron chi connectivity index (χ1n) is 6.04. The van der Waals surface area contributed by atoms with Crippen molar-refractivity contribution >= 4 is 34.3 Å². The number of hydrogen-bond donors (Lipinski definition) is 2. The van der Waals surface area contributed by atoms with Crippen LogP contribution in [0.2, 0.25) is 0 Å². The lowest BCUT2D eigenvalue weighted by atomic mass is 10.1. The molecule has 0 bridgehead atoms. The second-order valence-corrected chi connectivity index (χ2v) is 6.30. The van der Waals surface area contributed by atoms with Crippen LogP contribution in [0.25, 0.3) is 0 Å². The van der Waals surface area contributed by atoms with Crippen molar-refractivity contribution in [3.8, 4) is 0 Å².